The smallest absolute Gasteiger partial charge is 0.264 e. The molecule has 1 amide bonds. The van der Waals surface area contributed by atoms with E-state index in [1.807, 2.05) is 6.07 Å². The number of nitrogens with one attached hydrogen (secondary N) is 1. The highest BCUT2D eigenvalue weighted by atomic mass is 35.5. The number of aryl methyl sites for hydroxylation is 1. The van der Waals surface area contributed by atoms with Crippen LogP contribution in [0.1, 0.15) is 72.9 Å². The molecule has 6 rings (SSSR count). The second-order valence-electron chi connectivity index (χ2n) is 12.6. The first-order valence-corrected chi connectivity index (χ1v) is 16.8. The highest BCUT2D eigenvalue weighted by Gasteiger charge is 2.48. The molecular formula is C31H39ClN2O6S. The summed E-state index contributed by atoms with van der Waals surface area (Å²) in [5, 5.41) is 22.6. The van der Waals surface area contributed by atoms with Gasteiger partial charge < -0.3 is 19.8 Å². The molecule has 2 aromatic rings. The normalized spacial score (nSPS) is 31.6. The Bertz CT molecular complexity index is 1430. The maximum absolute atomic E-state index is 13.1. The van der Waals surface area contributed by atoms with E-state index in [4.69, 9.17) is 16.3 Å². The van der Waals surface area contributed by atoms with Gasteiger partial charge in [-0.25, -0.2) is 13.1 Å². The number of aliphatic hydroxyl groups excluding tert-OH is 1. The number of nitrogens with zero attached hydrogens (tertiary/aromatic N) is 1. The summed E-state index contributed by atoms with van der Waals surface area (Å²) in [6.07, 6.45) is 6.65. The van der Waals surface area contributed by atoms with Gasteiger partial charge in [-0.15, -0.1) is 0 Å². The number of aliphatic hydroxyl groups is 2. The lowest BCUT2D eigenvalue weighted by molar-refractivity contribution is -0.117. The number of rotatable bonds is 1. The fourth-order valence-electron chi connectivity index (χ4n) is 7.57. The fourth-order valence-corrected chi connectivity index (χ4v) is 8.85. The third-order valence-corrected chi connectivity index (χ3v) is 11.5. The van der Waals surface area contributed by atoms with Gasteiger partial charge in [-0.05, 0) is 98.2 Å². The van der Waals surface area contributed by atoms with Gasteiger partial charge >= 0.3 is 0 Å². The molecule has 4 aliphatic rings. The Morgan fingerprint density at radius 3 is 2.71 bits per heavy atom. The maximum atomic E-state index is 13.1. The van der Waals surface area contributed by atoms with Crippen LogP contribution in [-0.4, -0.2) is 62.2 Å². The molecule has 222 valence electrons. The number of sulfonamides is 1. The van der Waals surface area contributed by atoms with E-state index < -0.39 is 21.5 Å². The number of fused-ring (bicyclic) bond motifs is 4. The standard InChI is InChI=1S/C31H39ClN2O6S/c32-24-8-10-25-21(15-24)5-4-12-30(25)18-34-17-23-6-9-26(23)31(37,19-35)13-2-1-3-14-41(38,39)33-29(36)22-7-11-28(40-20-30)27(34)16-22/h7-8,10-11,15-16,23,26,35,37H,1-6,9,12-14,17-20H2,(H,33,36)/t23-,26+,30-,31+/m0/s1. The molecule has 0 aromatic heterocycles. The lowest BCUT2D eigenvalue weighted by Gasteiger charge is -2.49. The molecule has 2 aromatic carbocycles. The van der Waals surface area contributed by atoms with E-state index in [0.717, 1.165) is 42.8 Å². The molecule has 0 saturated heterocycles. The summed E-state index contributed by atoms with van der Waals surface area (Å²) in [4.78, 5) is 15.4. The summed E-state index contributed by atoms with van der Waals surface area (Å²) in [6.45, 7) is 1.44. The van der Waals surface area contributed by atoms with Gasteiger partial charge in [0.25, 0.3) is 5.91 Å². The number of anilines is 1. The number of hydrogen-bond acceptors (Lipinski definition) is 7. The van der Waals surface area contributed by atoms with E-state index in [1.54, 1.807) is 18.2 Å². The Kier molecular flexibility index (Phi) is 7.76. The van der Waals surface area contributed by atoms with Crippen molar-refractivity contribution in [1.29, 1.82) is 0 Å². The van der Waals surface area contributed by atoms with Crippen LogP contribution in [0.15, 0.2) is 36.4 Å². The quantitative estimate of drug-likeness (QED) is 0.448. The first kappa shape index (κ1) is 28.8. The lowest BCUT2D eigenvalue weighted by Crippen LogP contribution is -2.54. The molecule has 8 nitrogen and oxygen atoms in total. The van der Waals surface area contributed by atoms with E-state index >= 15 is 0 Å². The van der Waals surface area contributed by atoms with E-state index in [2.05, 4.69) is 21.8 Å². The van der Waals surface area contributed by atoms with Crippen LogP contribution in [0.2, 0.25) is 5.02 Å². The maximum Gasteiger partial charge on any atom is 0.264 e. The van der Waals surface area contributed by atoms with Gasteiger partial charge in [-0.3, -0.25) is 4.79 Å². The van der Waals surface area contributed by atoms with E-state index in [1.165, 1.54) is 11.1 Å². The van der Waals surface area contributed by atoms with Gasteiger partial charge in [-0.1, -0.05) is 30.5 Å². The van der Waals surface area contributed by atoms with Crippen molar-refractivity contribution < 1.29 is 28.2 Å². The van der Waals surface area contributed by atoms with Gasteiger partial charge in [0.15, 0.2) is 0 Å². The van der Waals surface area contributed by atoms with Gasteiger partial charge in [0.2, 0.25) is 10.0 Å². The Morgan fingerprint density at radius 1 is 1.07 bits per heavy atom. The Balaban J connectivity index is 1.42. The second-order valence-corrected chi connectivity index (χ2v) is 14.8. The van der Waals surface area contributed by atoms with Crippen LogP contribution in [-0.2, 0) is 21.9 Å². The zero-order valence-corrected chi connectivity index (χ0v) is 24.9. The van der Waals surface area contributed by atoms with Crippen LogP contribution in [0, 0.1) is 11.8 Å². The minimum Gasteiger partial charge on any atom is -0.490 e. The molecule has 1 saturated carbocycles. The highest BCUT2D eigenvalue weighted by molar-refractivity contribution is 7.90. The summed E-state index contributed by atoms with van der Waals surface area (Å²) in [5.41, 5.74) is 1.97. The minimum atomic E-state index is -3.82. The van der Waals surface area contributed by atoms with Crippen LogP contribution in [0.3, 0.4) is 0 Å². The van der Waals surface area contributed by atoms with Gasteiger partial charge in [0.05, 0.1) is 30.3 Å². The first-order chi connectivity index (χ1) is 19.6. The lowest BCUT2D eigenvalue weighted by atomic mass is 9.63. The number of hydrogen-bond donors (Lipinski definition) is 3. The first-order valence-electron chi connectivity index (χ1n) is 14.8. The Hall–Kier alpha value is -2.33. The molecular weight excluding hydrogens is 564 g/mol. The van der Waals surface area contributed by atoms with Crippen molar-refractivity contribution >= 4 is 33.2 Å². The number of benzene rings is 2. The van der Waals surface area contributed by atoms with Crippen LogP contribution in [0.4, 0.5) is 5.69 Å². The van der Waals surface area contributed by atoms with Crippen molar-refractivity contribution in [3.8, 4) is 5.75 Å². The van der Waals surface area contributed by atoms with Gasteiger partial charge in [0.1, 0.15) is 5.75 Å². The zero-order valence-electron chi connectivity index (χ0n) is 23.3. The number of carbonyl (C=O) groups is 1. The average Bonchev–Trinajstić information content (AvgIpc) is 3.07. The fraction of sp³-hybridized carbons (Fsp3) is 0.581. The van der Waals surface area contributed by atoms with Crippen LogP contribution >= 0.6 is 11.6 Å². The molecule has 2 bridgehead atoms. The molecule has 3 N–H and O–H groups in total. The van der Waals surface area contributed by atoms with E-state index in [0.29, 0.717) is 51.1 Å². The third kappa shape index (κ3) is 5.58. The monoisotopic (exact) mass is 602 g/mol. The second kappa shape index (κ2) is 11.1. The molecule has 1 spiro atoms. The number of ether oxygens (including phenoxy) is 1. The van der Waals surface area contributed by atoms with Crippen LogP contribution < -0.4 is 14.4 Å². The summed E-state index contributed by atoms with van der Waals surface area (Å²) in [6, 6.07) is 11.2. The molecule has 2 heterocycles. The Labute approximate surface area is 247 Å². The molecule has 0 unspecified atom stereocenters. The third-order valence-electron chi connectivity index (χ3n) is 9.91. The van der Waals surface area contributed by atoms with E-state index in [9.17, 15) is 23.4 Å². The number of carbonyl (C=O) groups excluding carboxylic acids is 1. The van der Waals surface area contributed by atoms with Crippen molar-refractivity contribution in [3.05, 3.63) is 58.1 Å². The summed E-state index contributed by atoms with van der Waals surface area (Å²) >= 11 is 6.37. The zero-order chi connectivity index (χ0) is 28.8. The predicted molar refractivity (Wildman–Crippen MR) is 158 cm³/mol. The molecule has 41 heavy (non-hydrogen) atoms. The van der Waals surface area contributed by atoms with Crippen LogP contribution in [0.5, 0.6) is 5.75 Å². The molecule has 4 atom stereocenters. The average molecular weight is 603 g/mol. The number of amides is 1. The molecule has 1 fully saturated rings. The van der Waals surface area contributed by atoms with Crippen molar-refractivity contribution in [2.45, 2.75) is 68.8 Å². The summed E-state index contributed by atoms with van der Waals surface area (Å²) in [7, 11) is -3.82. The van der Waals surface area contributed by atoms with Crippen molar-refractivity contribution in [3.63, 3.8) is 0 Å². The van der Waals surface area contributed by atoms with Crippen LogP contribution in [0.25, 0.3) is 0 Å². The van der Waals surface area contributed by atoms with Gasteiger partial charge in [-0.2, -0.15) is 0 Å². The summed E-state index contributed by atoms with van der Waals surface area (Å²) < 4.78 is 34.1. The minimum absolute atomic E-state index is 0.0587. The Morgan fingerprint density at radius 2 is 1.93 bits per heavy atom. The summed E-state index contributed by atoms with van der Waals surface area (Å²) in [5.74, 6) is -0.0654. The topological polar surface area (TPSA) is 116 Å². The SMILES string of the molecule is O=C1NS(=O)(=O)CCCCC[C@@](O)(CO)[C@@H]2CC[C@H]2CN2C[C@@]3(CCCc4cc(Cl)ccc43)COc3ccc1cc32. The molecule has 2 aliphatic heterocycles. The molecule has 10 heteroatoms. The van der Waals surface area contributed by atoms with E-state index in [-0.39, 0.29) is 35.2 Å². The molecule has 0 radical (unpaired) electrons. The predicted octanol–water partition coefficient (Wildman–Crippen LogP) is 4.20. The van der Waals surface area contributed by atoms with Crippen molar-refractivity contribution in [2.75, 3.05) is 37.0 Å². The van der Waals surface area contributed by atoms with Crippen molar-refractivity contribution in [1.82, 2.24) is 4.72 Å². The molecule has 2 aliphatic carbocycles. The van der Waals surface area contributed by atoms with Gasteiger partial charge in [0, 0.05) is 29.1 Å². The largest absolute Gasteiger partial charge is 0.490 e. The number of halogens is 1. The van der Waals surface area contributed by atoms with Crippen molar-refractivity contribution in [2.24, 2.45) is 11.8 Å². The highest BCUT2D eigenvalue weighted by Crippen LogP contribution is 2.48.